The fourth-order valence-corrected chi connectivity index (χ4v) is 1.25. The Balaban J connectivity index is 2.61. The quantitative estimate of drug-likeness (QED) is 0.660. The maximum atomic E-state index is 10.9. The zero-order chi connectivity index (χ0) is 12.9. The Morgan fingerprint density at radius 3 is 2.82 bits per heavy atom. The molecule has 6 heteroatoms. The molecule has 0 aliphatic carbocycles. The molecule has 6 nitrogen and oxygen atoms in total. The van der Waals surface area contributed by atoms with Gasteiger partial charge in [-0.25, -0.2) is 14.8 Å². The van der Waals surface area contributed by atoms with Gasteiger partial charge in [0.1, 0.15) is 11.9 Å². The van der Waals surface area contributed by atoms with Crippen molar-refractivity contribution in [3.63, 3.8) is 0 Å². The molecule has 0 fully saturated rings. The molecule has 0 bridgehead atoms. The zero-order valence-electron chi connectivity index (χ0n) is 9.97. The predicted molar refractivity (Wildman–Crippen MR) is 61.6 cm³/mol. The Labute approximate surface area is 99.7 Å². The largest absolute Gasteiger partial charge is 0.478 e. The Hall–Kier alpha value is -1.53. The number of nitrogens with zero attached hydrogens (tertiary/aromatic N) is 2. The van der Waals surface area contributed by atoms with E-state index in [2.05, 4.69) is 15.3 Å². The first-order valence-electron chi connectivity index (χ1n) is 5.30. The van der Waals surface area contributed by atoms with Crippen LogP contribution in [0.25, 0.3) is 0 Å². The minimum absolute atomic E-state index is 0.0650. The molecule has 0 atom stereocenters. The maximum absolute atomic E-state index is 10.9. The second-order valence-corrected chi connectivity index (χ2v) is 4.61. The minimum atomic E-state index is -1.04. The highest BCUT2D eigenvalue weighted by Crippen LogP contribution is 2.12. The monoisotopic (exact) mass is 239 g/mol. The summed E-state index contributed by atoms with van der Waals surface area (Å²) in [5.74, 6) is -1.04. The zero-order valence-corrected chi connectivity index (χ0v) is 9.97. The molecule has 0 aliphatic heterocycles. The number of hydrogen-bond donors (Lipinski definition) is 3. The summed E-state index contributed by atoms with van der Waals surface area (Å²) in [4.78, 5) is 18.5. The van der Waals surface area contributed by atoms with Crippen molar-refractivity contribution >= 4 is 5.97 Å². The first-order chi connectivity index (χ1) is 7.96. The van der Waals surface area contributed by atoms with Crippen molar-refractivity contribution in [2.45, 2.75) is 20.4 Å². The van der Waals surface area contributed by atoms with Crippen molar-refractivity contribution in [3.05, 3.63) is 23.8 Å². The van der Waals surface area contributed by atoms with Crippen molar-refractivity contribution in [3.8, 4) is 0 Å². The summed E-state index contributed by atoms with van der Waals surface area (Å²) in [7, 11) is 0. The van der Waals surface area contributed by atoms with Gasteiger partial charge in [0.05, 0.1) is 5.69 Å². The van der Waals surface area contributed by atoms with Gasteiger partial charge in [-0.15, -0.1) is 0 Å². The van der Waals surface area contributed by atoms with Crippen molar-refractivity contribution in [2.24, 2.45) is 5.41 Å². The van der Waals surface area contributed by atoms with Crippen LogP contribution in [-0.2, 0) is 6.54 Å². The second kappa shape index (κ2) is 5.70. The summed E-state index contributed by atoms with van der Waals surface area (Å²) in [6.45, 7) is 4.81. The molecular formula is C11H17N3O3. The lowest BCUT2D eigenvalue weighted by Gasteiger charge is -2.21. The van der Waals surface area contributed by atoms with Gasteiger partial charge in [-0.2, -0.15) is 0 Å². The minimum Gasteiger partial charge on any atom is -0.478 e. The number of aromatic carboxylic acids is 1. The van der Waals surface area contributed by atoms with E-state index in [-0.39, 0.29) is 17.6 Å². The highest BCUT2D eigenvalue weighted by Gasteiger charge is 2.17. The first kappa shape index (κ1) is 13.5. The Kier molecular flexibility index (Phi) is 4.53. The van der Waals surface area contributed by atoms with Crippen LogP contribution in [0.15, 0.2) is 12.5 Å². The van der Waals surface area contributed by atoms with E-state index in [0.717, 1.165) is 0 Å². The summed E-state index contributed by atoms with van der Waals surface area (Å²) in [5, 5.41) is 21.1. The van der Waals surface area contributed by atoms with Gasteiger partial charge < -0.3 is 15.5 Å². The van der Waals surface area contributed by atoms with Gasteiger partial charge in [0, 0.05) is 31.3 Å². The van der Waals surface area contributed by atoms with Crippen molar-refractivity contribution < 1.29 is 15.0 Å². The molecule has 0 unspecified atom stereocenters. The smallest absolute Gasteiger partial charge is 0.339 e. The van der Waals surface area contributed by atoms with E-state index in [4.69, 9.17) is 10.2 Å². The number of hydrogen-bond acceptors (Lipinski definition) is 5. The lowest BCUT2D eigenvalue weighted by molar-refractivity contribution is 0.0694. The van der Waals surface area contributed by atoms with Crippen LogP contribution in [0.1, 0.15) is 29.9 Å². The topological polar surface area (TPSA) is 95.3 Å². The van der Waals surface area contributed by atoms with E-state index < -0.39 is 5.97 Å². The van der Waals surface area contributed by atoms with E-state index in [1.165, 1.54) is 12.5 Å². The number of rotatable bonds is 6. The standard InChI is InChI=1S/C11H17N3O3/c1-11(2,6-15)5-12-4-9-8(10(16)17)3-13-7-14-9/h3,7,12,15H,4-6H2,1-2H3,(H,16,17). The summed E-state index contributed by atoms with van der Waals surface area (Å²) >= 11 is 0. The normalized spacial score (nSPS) is 11.5. The number of aromatic nitrogens is 2. The highest BCUT2D eigenvalue weighted by atomic mass is 16.4. The number of carboxylic acids is 1. The molecule has 17 heavy (non-hydrogen) atoms. The molecular weight excluding hydrogens is 222 g/mol. The summed E-state index contributed by atoms with van der Waals surface area (Å²) < 4.78 is 0. The van der Waals surface area contributed by atoms with Crippen LogP contribution in [0.3, 0.4) is 0 Å². The van der Waals surface area contributed by atoms with Crippen LogP contribution in [0.5, 0.6) is 0 Å². The number of aliphatic hydroxyl groups excluding tert-OH is 1. The molecule has 0 radical (unpaired) electrons. The second-order valence-electron chi connectivity index (χ2n) is 4.61. The van der Waals surface area contributed by atoms with E-state index in [1.54, 1.807) is 0 Å². The number of carbonyl (C=O) groups is 1. The molecule has 0 aromatic carbocycles. The van der Waals surface area contributed by atoms with E-state index in [0.29, 0.717) is 18.8 Å². The van der Waals surface area contributed by atoms with Gasteiger partial charge >= 0.3 is 5.97 Å². The third kappa shape index (κ3) is 4.08. The fourth-order valence-electron chi connectivity index (χ4n) is 1.25. The van der Waals surface area contributed by atoms with Crippen LogP contribution in [0.4, 0.5) is 0 Å². The number of nitrogens with one attached hydrogen (secondary N) is 1. The maximum Gasteiger partial charge on any atom is 0.339 e. The van der Waals surface area contributed by atoms with E-state index in [1.807, 2.05) is 13.8 Å². The average Bonchev–Trinajstić information content (AvgIpc) is 2.29. The Morgan fingerprint density at radius 2 is 2.24 bits per heavy atom. The van der Waals surface area contributed by atoms with Crippen LogP contribution < -0.4 is 5.32 Å². The summed E-state index contributed by atoms with van der Waals surface area (Å²) in [6, 6.07) is 0. The van der Waals surface area contributed by atoms with Gasteiger partial charge in [0.15, 0.2) is 0 Å². The first-order valence-corrected chi connectivity index (χ1v) is 5.30. The molecule has 0 saturated carbocycles. The average molecular weight is 239 g/mol. The SMILES string of the molecule is CC(C)(CO)CNCc1ncncc1C(=O)O. The molecule has 1 heterocycles. The molecule has 0 spiro atoms. The van der Waals surface area contributed by atoms with E-state index >= 15 is 0 Å². The van der Waals surface area contributed by atoms with Gasteiger partial charge in [-0.1, -0.05) is 13.8 Å². The van der Waals surface area contributed by atoms with Crippen LogP contribution in [0, 0.1) is 5.41 Å². The summed E-state index contributed by atoms with van der Waals surface area (Å²) in [5.41, 5.74) is 0.305. The van der Waals surface area contributed by atoms with Crippen LogP contribution in [-0.4, -0.2) is 39.3 Å². The molecule has 1 rings (SSSR count). The lowest BCUT2D eigenvalue weighted by atomic mass is 9.95. The Bertz CT molecular complexity index is 393. The molecule has 1 aromatic heterocycles. The molecule has 0 saturated heterocycles. The van der Waals surface area contributed by atoms with Gasteiger partial charge in [0.2, 0.25) is 0 Å². The fraction of sp³-hybridized carbons (Fsp3) is 0.545. The van der Waals surface area contributed by atoms with Crippen LogP contribution >= 0.6 is 0 Å². The molecule has 0 amide bonds. The third-order valence-electron chi connectivity index (χ3n) is 2.35. The molecule has 94 valence electrons. The van der Waals surface area contributed by atoms with Gasteiger partial charge in [0.25, 0.3) is 0 Å². The predicted octanol–water partition coefficient (Wildman–Crippen LogP) is 0.283. The molecule has 1 aromatic rings. The summed E-state index contributed by atoms with van der Waals surface area (Å²) in [6.07, 6.45) is 2.60. The van der Waals surface area contributed by atoms with Crippen molar-refractivity contribution in [1.82, 2.24) is 15.3 Å². The third-order valence-corrected chi connectivity index (χ3v) is 2.35. The van der Waals surface area contributed by atoms with Crippen molar-refractivity contribution in [1.29, 1.82) is 0 Å². The number of aliphatic hydroxyl groups is 1. The van der Waals surface area contributed by atoms with Crippen LogP contribution in [0.2, 0.25) is 0 Å². The Morgan fingerprint density at radius 1 is 1.53 bits per heavy atom. The van der Waals surface area contributed by atoms with Crippen molar-refractivity contribution in [2.75, 3.05) is 13.2 Å². The lowest BCUT2D eigenvalue weighted by Crippen LogP contribution is -2.32. The van der Waals surface area contributed by atoms with E-state index in [9.17, 15) is 4.79 Å². The molecule has 0 aliphatic rings. The van der Waals surface area contributed by atoms with Gasteiger partial charge in [-0.3, -0.25) is 0 Å². The van der Waals surface area contributed by atoms with Gasteiger partial charge in [-0.05, 0) is 0 Å². The highest BCUT2D eigenvalue weighted by molar-refractivity contribution is 5.88. The molecule has 3 N–H and O–H groups in total. The number of carboxylic acid groups (broad SMARTS) is 1.